The van der Waals surface area contributed by atoms with Gasteiger partial charge in [-0.05, 0) is 61.3 Å². The van der Waals surface area contributed by atoms with E-state index in [1.54, 1.807) is 28.4 Å². The molecule has 0 aliphatic carbocycles. The van der Waals surface area contributed by atoms with E-state index in [4.69, 9.17) is 29.2 Å². The number of nitrogens with zero attached hydrogens (tertiary/aromatic N) is 1. The monoisotopic (exact) mass is 520 g/mol. The quantitative estimate of drug-likeness (QED) is 0.166. The van der Waals surface area contributed by atoms with Crippen molar-refractivity contribution in [1.82, 2.24) is 4.48 Å². The SMILES string of the molecule is CC[Si](CCC[N+](CCC[Si](CC)(OC)OC)(c1ccc(N)cc1)c1ccc(N)cc1)(OC)OC. The van der Waals surface area contributed by atoms with Crippen LogP contribution < -0.4 is 16.0 Å². The number of rotatable bonds is 16. The first-order chi connectivity index (χ1) is 16.8. The third-order valence-electron chi connectivity index (χ3n) is 7.54. The van der Waals surface area contributed by atoms with Gasteiger partial charge >= 0.3 is 17.1 Å². The van der Waals surface area contributed by atoms with Gasteiger partial charge in [0, 0.05) is 64.1 Å². The molecule has 0 amide bonds. The summed E-state index contributed by atoms with van der Waals surface area (Å²) < 4.78 is 24.3. The number of hydrogen-bond donors (Lipinski definition) is 2. The molecule has 2 aromatic carbocycles. The van der Waals surface area contributed by atoms with Crippen molar-refractivity contribution in [2.45, 2.75) is 50.9 Å². The summed E-state index contributed by atoms with van der Waals surface area (Å²) in [4.78, 5) is 0. The maximum absolute atomic E-state index is 6.07. The van der Waals surface area contributed by atoms with Gasteiger partial charge in [-0.1, -0.05) is 13.8 Å². The molecule has 0 heterocycles. The highest BCUT2D eigenvalue weighted by molar-refractivity contribution is 6.67. The molecule has 0 radical (unpaired) electrons. The summed E-state index contributed by atoms with van der Waals surface area (Å²) in [5.74, 6) is 0. The summed E-state index contributed by atoms with van der Waals surface area (Å²) in [7, 11) is 2.74. The molecule has 0 atom stereocenters. The Labute approximate surface area is 214 Å². The minimum Gasteiger partial charge on any atom is -0.399 e. The van der Waals surface area contributed by atoms with Crippen molar-refractivity contribution in [2.75, 3.05) is 53.0 Å². The van der Waals surface area contributed by atoms with Crippen LogP contribution in [-0.2, 0) is 17.7 Å². The van der Waals surface area contributed by atoms with Crippen LogP contribution in [0, 0.1) is 0 Å². The summed E-state index contributed by atoms with van der Waals surface area (Å²) >= 11 is 0. The lowest BCUT2D eigenvalue weighted by molar-refractivity contribution is 0.237. The first-order valence-electron chi connectivity index (χ1n) is 12.6. The molecule has 0 aliphatic heterocycles. The topological polar surface area (TPSA) is 89.0 Å². The van der Waals surface area contributed by atoms with E-state index in [1.807, 2.05) is 24.3 Å². The zero-order chi connectivity index (χ0) is 26.0. The molecule has 35 heavy (non-hydrogen) atoms. The number of benzene rings is 2. The summed E-state index contributed by atoms with van der Waals surface area (Å²) in [6.45, 7) is 6.14. The van der Waals surface area contributed by atoms with E-state index in [0.717, 1.165) is 61.5 Å². The fraction of sp³-hybridized carbons (Fsp3) is 0.538. The molecule has 0 saturated heterocycles. The fourth-order valence-corrected chi connectivity index (χ4v) is 9.44. The second-order valence-electron chi connectivity index (χ2n) is 9.15. The number of nitrogen functional groups attached to an aromatic ring is 2. The molecule has 0 unspecified atom stereocenters. The number of anilines is 2. The first-order valence-corrected chi connectivity index (χ1v) is 17.0. The van der Waals surface area contributed by atoms with Gasteiger partial charge < -0.3 is 29.2 Å². The molecule has 4 N–H and O–H groups in total. The van der Waals surface area contributed by atoms with Crippen LogP contribution in [0.15, 0.2) is 48.5 Å². The van der Waals surface area contributed by atoms with Crippen molar-refractivity contribution in [2.24, 2.45) is 0 Å². The van der Waals surface area contributed by atoms with Crippen LogP contribution in [0.3, 0.4) is 0 Å². The molecule has 0 aromatic heterocycles. The van der Waals surface area contributed by atoms with Crippen LogP contribution in [0.5, 0.6) is 0 Å². The van der Waals surface area contributed by atoms with E-state index in [1.165, 1.54) is 11.4 Å². The van der Waals surface area contributed by atoms with Gasteiger partial charge in [-0.15, -0.1) is 0 Å². The predicted octanol–water partition coefficient (Wildman–Crippen LogP) is 5.78. The lowest BCUT2D eigenvalue weighted by Gasteiger charge is -2.39. The molecule has 0 fully saturated rings. The van der Waals surface area contributed by atoms with Crippen LogP contribution in [0.2, 0.25) is 24.2 Å². The third kappa shape index (κ3) is 7.16. The standard InChI is InChI=1S/C26H46N3O4Si2/c1-7-34(30-3,31-4)21-9-19-29(25-15-11-23(27)12-16-25,26-17-13-24(28)14-18-26)20-10-22-35(8-2,32-5)33-6/h11-18H,7-10,19-22,27-28H2,1-6H3/q+1. The second-order valence-corrected chi connectivity index (χ2v) is 16.8. The zero-order valence-electron chi connectivity index (χ0n) is 22.5. The highest BCUT2D eigenvalue weighted by atomic mass is 28.4. The van der Waals surface area contributed by atoms with Gasteiger partial charge in [0.25, 0.3) is 0 Å². The highest BCUT2D eigenvalue weighted by Gasteiger charge is 2.39. The Bertz CT molecular complexity index is 783. The Morgan fingerprint density at radius 1 is 0.600 bits per heavy atom. The molecule has 9 heteroatoms. The van der Waals surface area contributed by atoms with Crippen LogP contribution in [0.1, 0.15) is 26.7 Å². The molecule has 2 rings (SSSR count). The van der Waals surface area contributed by atoms with Crippen LogP contribution in [0.25, 0.3) is 0 Å². The first kappa shape index (κ1) is 29.5. The van der Waals surface area contributed by atoms with Crippen molar-refractivity contribution in [1.29, 1.82) is 0 Å². The van der Waals surface area contributed by atoms with Crippen molar-refractivity contribution in [3.63, 3.8) is 0 Å². The van der Waals surface area contributed by atoms with E-state index in [0.29, 0.717) is 4.48 Å². The molecular weight excluding hydrogens is 474 g/mol. The Balaban J connectivity index is 2.48. The average molecular weight is 521 g/mol. The molecule has 0 spiro atoms. The fourth-order valence-electron chi connectivity index (χ4n) is 5.04. The number of nitrogens with two attached hydrogens (primary N) is 2. The van der Waals surface area contributed by atoms with E-state index in [2.05, 4.69) is 38.1 Å². The van der Waals surface area contributed by atoms with Gasteiger partial charge in [0.1, 0.15) is 11.4 Å². The molecule has 196 valence electrons. The van der Waals surface area contributed by atoms with E-state index in [-0.39, 0.29) is 0 Å². The minimum atomic E-state index is -2.20. The Kier molecular flexibility index (Phi) is 11.4. The smallest absolute Gasteiger partial charge is 0.337 e. The lowest BCUT2D eigenvalue weighted by atomic mass is 10.1. The van der Waals surface area contributed by atoms with E-state index in [9.17, 15) is 0 Å². The number of quaternary nitrogens is 1. The van der Waals surface area contributed by atoms with Gasteiger partial charge in [-0.2, -0.15) is 0 Å². The Morgan fingerprint density at radius 2 is 0.914 bits per heavy atom. The summed E-state index contributed by atoms with van der Waals surface area (Å²) in [5.41, 5.74) is 16.1. The van der Waals surface area contributed by atoms with Crippen LogP contribution in [-0.4, -0.2) is 58.7 Å². The van der Waals surface area contributed by atoms with Crippen LogP contribution >= 0.6 is 0 Å². The summed E-state index contributed by atoms with van der Waals surface area (Å²) in [6.07, 6.45) is 1.95. The predicted molar refractivity (Wildman–Crippen MR) is 152 cm³/mol. The summed E-state index contributed by atoms with van der Waals surface area (Å²) in [5, 5.41) is 0. The largest absolute Gasteiger partial charge is 0.399 e. The normalized spacial score (nSPS) is 12.7. The lowest BCUT2D eigenvalue weighted by Crippen LogP contribution is -2.48. The van der Waals surface area contributed by atoms with E-state index >= 15 is 0 Å². The average Bonchev–Trinajstić information content (AvgIpc) is 2.90. The maximum Gasteiger partial charge on any atom is 0.337 e. The third-order valence-corrected chi connectivity index (χ3v) is 14.9. The Hall–Kier alpha value is -1.73. The van der Waals surface area contributed by atoms with Gasteiger partial charge in [-0.25, -0.2) is 0 Å². The van der Waals surface area contributed by atoms with Gasteiger partial charge in [0.2, 0.25) is 0 Å². The molecule has 2 aromatic rings. The Morgan fingerprint density at radius 3 is 1.17 bits per heavy atom. The highest BCUT2D eigenvalue weighted by Crippen LogP contribution is 2.38. The van der Waals surface area contributed by atoms with Crippen molar-refractivity contribution in [3.8, 4) is 0 Å². The zero-order valence-corrected chi connectivity index (χ0v) is 24.5. The minimum absolute atomic E-state index is 0.698. The molecule has 0 bridgehead atoms. The second kappa shape index (κ2) is 13.5. The molecule has 7 nitrogen and oxygen atoms in total. The van der Waals surface area contributed by atoms with Gasteiger partial charge in [0.05, 0.1) is 13.1 Å². The number of hydrogen-bond acceptors (Lipinski definition) is 6. The molecular formula is C26H46N3O4Si2+. The van der Waals surface area contributed by atoms with Crippen molar-refractivity contribution in [3.05, 3.63) is 48.5 Å². The van der Waals surface area contributed by atoms with Crippen LogP contribution in [0.4, 0.5) is 22.7 Å². The molecule has 0 aliphatic rings. The maximum atomic E-state index is 6.07. The summed E-state index contributed by atoms with van der Waals surface area (Å²) in [6, 6.07) is 20.3. The van der Waals surface area contributed by atoms with Crippen molar-refractivity contribution < 1.29 is 17.7 Å². The molecule has 0 saturated carbocycles. The van der Waals surface area contributed by atoms with Gasteiger partial charge in [0.15, 0.2) is 0 Å². The van der Waals surface area contributed by atoms with E-state index < -0.39 is 17.1 Å². The van der Waals surface area contributed by atoms with Gasteiger partial charge in [-0.3, -0.25) is 4.48 Å². The van der Waals surface area contributed by atoms with Crippen molar-refractivity contribution >= 4 is 39.9 Å².